The van der Waals surface area contributed by atoms with E-state index in [0.717, 1.165) is 26.3 Å². The van der Waals surface area contributed by atoms with Gasteiger partial charge < -0.3 is 19.9 Å². The summed E-state index contributed by atoms with van der Waals surface area (Å²) in [6.07, 6.45) is 0. The van der Waals surface area contributed by atoms with Gasteiger partial charge >= 0.3 is 0 Å². The Morgan fingerprint density at radius 2 is 1.67 bits per heavy atom. The number of benzene rings is 1. The molecule has 0 unspecified atom stereocenters. The number of hydrogen-bond donors (Lipinski definition) is 1. The van der Waals surface area contributed by atoms with Gasteiger partial charge in [0.25, 0.3) is 0 Å². The zero-order valence-corrected chi connectivity index (χ0v) is 14.0. The summed E-state index contributed by atoms with van der Waals surface area (Å²) in [6.45, 7) is 11.4. The van der Waals surface area contributed by atoms with Crippen LogP contribution >= 0.6 is 0 Å². The van der Waals surface area contributed by atoms with Crippen molar-refractivity contribution in [1.82, 2.24) is 4.90 Å². The molecule has 1 aromatic carbocycles. The van der Waals surface area contributed by atoms with E-state index in [1.54, 1.807) is 32.4 Å². The van der Waals surface area contributed by atoms with Crippen LogP contribution in [0.3, 0.4) is 0 Å². The Bertz CT molecular complexity index is 367. The zero-order valence-electron chi connectivity index (χ0n) is 14.0. The molecule has 2 rings (SSSR count). The Morgan fingerprint density at radius 3 is 2.10 bits per heavy atom. The summed E-state index contributed by atoms with van der Waals surface area (Å²) in [7, 11) is 3.17. The average molecular weight is 298 g/mol. The minimum atomic E-state index is 0.660. The molecule has 0 amide bonds. The second-order valence-electron chi connectivity index (χ2n) is 4.16. The van der Waals surface area contributed by atoms with Crippen molar-refractivity contribution in [2.75, 3.05) is 52.8 Å². The Hall–Kier alpha value is -1.46. The summed E-state index contributed by atoms with van der Waals surface area (Å²) in [6, 6.07) is 5.26. The second kappa shape index (κ2) is 12.3. The van der Waals surface area contributed by atoms with E-state index in [4.69, 9.17) is 19.9 Å². The van der Waals surface area contributed by atoms with Gasteiger partial charge in [0.1, 0.15) is 0 Å². The van der Waals surface area contributed by atoms with Gasteiger partial charge in [-0.05, 0) is 18.7 Å². The fraction of sp³-hybridized carbons (Fsp3) is 0.625. The van der Waals surface area contributed by atoms with E-state index >= 15 is 0 Å². The smallest absolute Gasteiger partial charge is 0.162 e. The summed E-state index contributed by atoms with van der Waals surface area (Å²) in [5.74, 6) is 1.36. The van der Waals surface area contributed by atoms with Gasteiger partial charge in [0.2, 0.25) is 0 Å². The van der Waals surface area contributed by atoms with Crippen LogP contribution in [-0.2, 0) is 4.74 Å². The number of nitrogens with two attached hydrogens (primary N) is 1. The van der Waals surface area contributed by atoms with E-state index in [9.17, 15) is 0 Å². The van der Waals surface area contributed by atoms with Crippen molar-refractivity contribution in [3.8, 4) is 11.5 Å². The molecule has 1 aliphatic heterocycles. The molecule has 122 valence electrons. The van der Waals surface area contributed by atoms with E-state index in [-0.39, 0.29) is 0 Å². The highest BCUT2D eigenvalue weighted by Gasteiger charge is 2.05. The van der Waals surface area contributed by atoms with Crippen molar-refractivity contribution in [1.29, 1.82) is 0 Å². The molecular weight excluding hydrogens is 268 g/mol. The highest BCUT2D eigenvalue weighted by Crippen LogP contribution is 2.28. The maximum atomic E-state index is 5.52. The van der Waals surface area contributed by atoms with E-state index in [0.29, 0.717) is 17.2 Å². The highest BCUT2D eigenvalue weighted by molar-refractivity contribution is 5.51. The van der Waals surface area contributed by atoms with Gasteiger partial charge in [0, 0.05) is 24.8 Å². The largest absolute Gasteiger partial charge is 0.493 e. The second-order valence-corrected chi connectivity index (χ2v) is 4.16. The lowest BCUT2D eigenvalue weighted by Gasteiger charge is -2.24. The molecule has 0 aliphatic carbocycles. The molecule has 5 nitrogen and oxygen atoms in total. The van der Waals surface area contributed by atoms with Gasteiger partial charge in [-0.15, -0.1) is 0 Å². The van der Waals surface area contributed by atoms with Crippen molar-refractivity contribution >= 4 is 5.69 Å². The SMILES string of the molecule is CC.CCN1CCOCC1.COc1ccc(N)cc1OC. The van der Waals surface area contributed by atoms with E-state index in [1.807, 2.05) is 13.8 Å². The first-order chi connectivity index (χ1) is 10.2. The van der Waals surface area contributed by atoms with Crippen LogP contribution in [-0.4, -0.2) is 52.0 Å². The minimum Gasteiger partial charge on any atom is -0.493 e. The van der Waals surface area contributed by atoms with Crippen LogP contribution in [0.2, 0.25) is 0 Å². The molecule has 1 aromatic rings. The highest BCUT2D eigenvalue weighted by atomic mass is 16.5. The molecule has 2 N–H and O–H groups in total. The standard InChI is InChI=1S/C8H11NO2.C6H13NO.C2H6/c1-10-7-4-3-6(9)5-8(7)11-2;1-2-7-3-5-8-6-4-7;1-2/h3-5H,9H2,1-2H3;2-6H2,1H3;1-2H3. The quantitative estimate of drug-likeness (QED) is 0.869. The fourth-order valence-corrected chi connectivity index (χ4v) is 1.77. The van der Waals surface area contributed by atoms with Crippen LogP contribution in [0.4, 0.5) is 5.69 Å². The summed E-state index contributed by atoms with van der Waals surface area (Å²) in [4.78, 5) is 2.39. The topological polar surface area (TPSA) is 57.0 Å². The molecule has 0 radical (unpaired) electrons. The number of ether oxygens (including phenoxy) is 3. The van der Waals surface area contributed by atoms with Crippen molar-refractivity contribution in [2.45, 2.75) is 20.8 Å². The first-order valence-electron chi connectivity index (χ1n) is 7.48. The lowest BCUT2D eigenvalue weighted by molar-refractivity contribution is 0.0405. The average Bonchev–Trinajstić information content (AvgIpc) is 2.58. The van der Waals surface area contributed by atoms with Crippen LogP contribution in [0.1, 0.15) is 20.8 Å². The Labute approximate surface area is 129 Å². The third-order valence-corrected chi connectivity index (χ3v) is 2.96. The van der Waals surface area contributed by atoms with Gasteiger partial charge in [-0.25, -0.2) is 0 Å². The van der Waals surface area contributed by atoms with E-state index in [1.165, 1.54) is 6.54 Å². The molecule has 1 aliphatic rings. The Kier molecular flexibility index (Phi) is 11.4. The van der Waals surface area contributed by atoms with Crippen molar-refractivity contribution < 1.29 is 14.2 Å². The number of morpholine rings is 1. The van der Waals surface area contributed by atoms with Gasteiger partial charge in [0.15, 0.2) is 11.5 Å². The fourth-order valence-electron chi connectivity index (χ4n) is 1.77. The molecule has 0 spiro atoms. The normalized spacial score (nSPS) is 14.1. The summed E-state index contributed by atoms with van der Waals surface area (Å²) in [5.41, 5.74) is 6.19. The first kappa shape index (κ1) is 19.5. The number of nitrogens with zero attached hydrogens (tertiary/aromatic N) is 1. The van der Waals surface area contributed by atoms with Crippen LogP contribution in [0.25, 0.3) is 0 Å². The van der Waals surface area contributed by atoms with Crippen LogP contribution in [0.15, 0.2) is 18.2 Å². The van der Waals surface area contributed by atoms with E-state index in [2.05, 4.69) is 11.8 Å². The molecule has 5 heteroatoms. The molecule has 0 bridgehead atoms. The molecule has 1 fully saturated rings. The van der Waals surface area contributed by atoms with Crippen molar-refractivity contribution in [3.63, 3.8) is 0 Å². The molecule has 21 heavy (non-hydrogen) atoms. The summed E-state index contributed by atoms with van der Waals surface area (Å²) in [5, 5.41) is 0. The maximum Gasteiger partial charge on any atom is 0.162 e. The third-order valence-electron chi connectivity index (χ3n) is 2.96. The third kappa shape index (κ3) is 7.78. The van der Waals surface area contributed by atoms with Gasteiger partial charge in [0.05, 0.1) is 27.4 Å². The predicted octanol–water partition coefficient (Wildman–Crippen LogP) is 2.65. The molecule has 0 aromatic heterocycles. The number of hydrogen-bond acceptors (Lipinski definition) is 5. The van der Waals surface area contributed by atoms with Gasteiger partial charge in [-0.1, -0.05) is 20.8 Å². The van der Waals surface area contributed by atoms with Crippen LogP contribution < -0.4 is 15.2 Å². The van der Waals surface area contributed by atoms with E-state index < -0.39 is 0 Å². The molecule has 1 saturated heterocycles. The van der Waals surface area contributed by atoms with Crippen molar-refractivity contribution in [3.05, 3.63) is 18.2 Å². The van der Waals surface area contributed by atoms with Crippen LogP contribution in [0.5, 0.6) is 11.5 Å². The van der Waals surface area contributed by atoms with Crippen LogP contribution in [0, 0.1) is 0 Å². The maximum absolute atomic E-state index is 5.52. The number of anilines is 1. The number of nitrogen functional groups attached to an aromatic ring is 1. The monoisotopic (exact) mass is 298 g/mol. The zero-order chi connectivity index (χ0) is 16.1. The lowest BCUT2D eigenvalue weighted by Crippen LogP contribution is -2.35. The lowest BCUT2D eigenvalue weighted by atomic mass is 10.3. The van der Waals surface area contributed by atoms with Gasteiger partial charge in [-0.2, -0.15) is 0 Å². The minimum absolute atomic E-state index is 0.660. The first-order valence-corrected chi connectivity index (χ1v) is 7.48. The Balaban J connectivity index is 0.000000354. The molecular formula is C16H30N2O3. The van der Waals surface area contributed by atoms with Gasteiger partial charge in [-0.3, -0.25) is 4.90 Å². The number of methoxy groups -OCH3 is 2. The molecule has 0 atom stereocenters. The predicted molar refractivity (Wildman–Crippen MR) is 88.2 cm³/mol. The van der Waals surface area contributed by atoms with Crippen molar-refractivity contribution in [2.24, 2.45) is 0 Å². The summed E-state index contributed by atoms with van der Waals surface area (Å²) < 4.78 is 15.2. The molecule has 1 heterocycles. The number of rotatable bonds is 3. The number of likely N-dealkylation sites (N-methyl/N-ethyl adjacent to an activating group) is 1. The summed E-state index contributed by atoms with van der Waals surface area (Å²) >= 11 is 0. The molecule has 0 saturated carbocycles. The Morgan fingerprint density at radius 1 is 1.10 bits per heavy atom.